The van der Waals surface area contributed by atoms with E-state index in [4.69, 9.17) is 0 Å². The molecule has 148 valence electrons. The van der Waals surface area contributed by atoms with Crippen LogP contribution in [-0.2, 0) is 16.7 Å². The molecule has 7 nitrogen and oxygen atoms in total. The molecule has 0 saturated carbocycles. The smallest absolute Gasteiger partial charge is 0.406 e. The van der Waals surface area contributed by atoms with E-state index in [1.165, 1.54) is 4.31 Å². The number of hydrogen-bond donors (Lipinski definition) is 0. The minimum Gasteiger partial charge on any atom is -0.406 e. The van der Waals surface area contributed by atoms with Crippen LogP contribution in [0.1, 0.15) is 0 Å². The number of piperazine rings is 1. The summed E-state index contributed by atoms with van der Waals surface area (Å²) in [5, 5.41) is 4.16. The fraction of sp³-hybridized carbons (Fsp3) is 0.400. The van der Waals surface area contributed by atoms with Crippen molar-refractivity contribution in [3.63, 3.8) is 0 Å². The minimum atomic E-state index is -4.82. The molecule has 0 unspecified atom stereocenters. The third-order valence-electron chi connectivity index (χ3n) is 3.97. The zero-order valence-corrected chi connectivity index (χ0v) is 16.3. The number of benzene rings is 1. The van der Waals surface area contributed by atoms with Crippen LogP contribution in [0.25, 0.3) is 0 Å². The minimum absolute atomic E-state index is 0.0681. The van der Waals surface area contributed by atoms with Crippen LogP contribution in [0, 0.1) is 0 Å². The highest BCUT2D eigenvalue weighted by molar-refractivity contribution is 9.10. The molecule has 1 saturated heterocycles. The maximum atomic E-state index is 12.7. The van der Waals surface area contributed by atoms with Crippen LogP contribution in [0.4, 0.5) is 13.2 Å². The highest BCUT2D eigenvalue weighted by atomic mass is 79.9. The van der Waals surface area contributed by atoms with Crippen molar-refractivity contribution in [2.24, 2.45) is 0 Å². The fourth-order valence-electron chi connectivity index (χ4n) is 2.69. The predicted octanol–water partition coefficient (Wildman–Crippen LogP) is 2.51. The maximum Gasteiger partial charge on any atom is 0.573 e. The fourth-order valence-corrected chi connectivity index (χ4v) is 4.44. The van der Waals surface area contributed by atoms with Gasteiger partial charge in [-0.3, -0.25) is 9.58 Å². The molecule has 1 aliphatic rings. The van der Waals surface area contributed by atoms with Gasteiger partial charge in [-0.25, -0.2) is 8.42 Å². The Balaban J connectivity index is 1.61. The van der Waals surface area contributed by atoms with Gasteiger partial charge in [0.1, 0.15) is 5.75 Å². The van der Waals surface area contributed by atoms with Crippen molar-refractivity contribution in [1.82, 2.24) is 19.0 Å². The first-order valence-corrected chi connectivity index (χ1v) is 10.1. The van der Waals surface area contributed by atoms with Crippen molar-refractivity contribution < 1.29 is 26.3 Å². The van der Waals surface area contributed by atoms with E-state index in [0.717, 1.165) is 28.7 Å². The molecule has 1 aliphatic heterocycles. The molecule has 0 spiro atoms. The number of sulfonamides is 1. The lowest BCUT2D eigenvalue weighted by Gasteiger charge is -2.33. The second-order valence-corrected chi connectivity index (χ2v) is 8.73. The lowest BCUT2D eigenvalue weighted by molar-refractivity contribution is -0.274. The number of hydrogen-bond acceptors (Lipinski definition) is 5. The van der Waals surface area contributed by atoms with E-state index in [9.17, 15) is 21.6 Å². The molecule has 2 aromatic rings. The van der Waals surface area contributed by atoms with E-state index in [1.54, 1.807) is 10.9 Å². The zero-order valence-electron chi connectivity index (χ0n) is 13.9. The van der Waals surface area contributed by atoms with Gasteiger partial charge < -0.3 is 4.74 Å². The monoisotopic (exact) mass is 468 g/mol. The molecule has 0 amide bonds. The number of nitrogens with zero attached hydrogens (tertiary/aromatic N) is 4. The summed E-state index contributed by atoms with van der Waals surface area (Å²) in [6.45, 7) is 2.15. The second-order valence-electron chi connectivity index (χ2n) is 5.88. The van der Waals surface area contributed by atoms with E-state index < -0.39 is 22.1 Å². The summed E-state index contributed by atoms with van der Waals surface area (Å²) in [6, 6.07) is 4.21. The van der Waals surface area contributed by atoms with Gasteiger partial charge in [-0.1, -0.05) is 0 Å². The van der Waals surface area contributed by atoms with Crippen LogP contribution in [-0.4, -0.2) is 59.9 Å². The average molecular weight is 469 g/mol. The van der Waals surface area contributed by atoms with Gasteiger partial charge in [-0.15, -0.1) is 13.2 Å². The Morgan fingerprint density at radius 3 is 2.26 bits per heavy atom. The molecule has 0 aliphatic carbocycles. The van der Waals surface area contributed by atoms with Crippen LogP contribution in [0.3, 0.4) is 0 Å². The third kappa shape index (κ3) is 5.21. The zero-order chi connectivity index (χ0) is 19.7. The molecule has 1 aromatic heterocycles. The van der Waals surface area contributed by atoms with Crippen LogP contribution in [0.15, 0.2) is 46.0 Å². The predicted molar refractivity (Wildman–Crippen MR) is 93.4 cm³/mol. The Labute approximate surface area is 162 Å². The van der Waals surface area contributed by atoms with Gasteiger partial charge >= 0.3 is 6.36 Å². The standard InChI is InChI=1S/C15H16BrF3N4O3S/c16-12-9-20-22(10-12)11-21-5-7-23(8-6-21)27(24,25)14-3-1-13(2-4-14)26-15(17,18)19/h1-4,9-10H,5-8,11H2. The quantitative estimate of drug-likeness (QED) is 0.674. The van der Waals surface area contributed by atoms with Crippen molar-refractivity contribution >= 4 is 26.0 Å². The van der Waals surface area contributed by atoms with Gasteiger partial charge in [0.15, 0.2) is 0 Å². The highest BCUT2D eigenvalue weighted by Crippen LogP contribution is 2.25. The Bertz CT molecular complexity index is 878. The number of halogens is 4. The van der Waals surface area contributed by atoms with Crippen molar-refractivity contribution in [3.8, 4) is 5.75 Å². The lowest BCUT2D eigenvalue weighted by atomic mass is 10.3. The van der Waals surface area contributed by atoms with E-state index in [1.807, 2.05) is 6.20 Å². The lowest BCUT2D eigenvalue weighted by Crippen LogP contribution is -2.48. The normalized spacial score (nSPS) is 17.2. The van der Waals surface area contributed by atoms with Gasteiger partial charge in [0.2, 0.25) is 10.0 Å². The van der Waals surface area contributed by atoms with Crippen LogP contribution in [0.5, 0.6) is 5.75 Å². The molecular formula is C15H16BrF3N4O3S. The van der Waals surface area contributed by atoms with Crippen molar-refractivity contribution in [1.29, 1.82) is 0 Å². The molecule has 0 radical (unpaired) electrons. The average Bonchev–Trinajstić information content (AvgIpc) is 2.99. The van der Waals surface area contributed by atoms with Crippen molar-refractivity contribution in [3.05, 3.63) is 41.1 Å². The molecule has 27 heavy (non-hydrogen) atoms. The number of rotatable bonds is 5. The second kappa shape index (κ2) is 7.78. The molecule has 2 heterocycles. The van der Waals surface area contributed by atoms with Gasteiger partial charge in [-0.2, -0.15) is 9.40 Å². The Kier molecular flexibility index (Phi) is 5.79. The van der Waals surface area contributed by atoms with Gasteiger partial charge in [0.25, 0.3) is 0 Å². The highest BCUT2D eigenvalue weighted by Gasteiger charge is 2.32. The first kappa shape index (κ1) is 20.1. The molecule has 0 atom stereocenters. The van der Waals surface area contributed by atoms with Gasteiger partial charge in [-0.05, 0) is 40.2 Å². The van der Waals surface area contributed by atoms with E-state index in [2.05, 4.69) is 30.7 Å². The summed E-state index contributed by atoms with van der Waals surface area (Å²) in [4.78, 5) is 1.99. The number of ether oxygens (including phenoxy) is 1. The first-order chi connectivity index (χ1) is 12.6. The molecular weight excluding hydrogens is 453 g/mol. The van der Waals surface area contributed by atoms with E-state index >= 15 is 0 Å². The molecule has 1 aromatic carbocycles. The summed E-state index contributed by atoms with van der Waals surface area (Å²) < 4.78 is 69.6. The van der Waals surface area contributed by atoms with E-state index in [0.29, 0.717) is 19.8 Å². The third-order valence-corrected chi connectivity index (χ3v) is 6.30. The summed E-state index contributed by atoms with van der Waals surface area (Å²) in [5.41, 5.74) is 0. The number of aromatic nitrogens is 2. The SMILES string of the molecule is O=S(=O)(c1ccc(OC(F)(F)F)cc1)N1CCN(Cn2cc(Br)cn2)CC1. The first-order valence-electron chi connectivity index (χ1n) is 7.90. The van der Waals surface area contributed by atoms with Crippen molar-refractivity contribution in [2.75, 3.05) is 26.2 Å². The van der Waals surface area contributed by atoms with Crippen LogP contribution in [0.2, 0.25) is 0 Å². The summed E-state index contributed by atoms with van der Waals surface area (Å²) >= 11 is 3.32. The van der Waals surface area contributed by atoms with Gasteiger partial charge in [0, 0.05) is 32.4 Å². The number of alkyl halides is 3. The van der Waals surface area contributed by atoms with Crippen LogP contribution >= 0.6 is 15.9 Å². The molecule has 12 heteroatoms. The molecule has 1 fully saturated rings. The Morgan fingerprint density at radius 2 is 1.74 bits per heavy atom. The maximum absolute atomic E-state index is 12.7. The molecule has 0 N–H and O–H groups in total. The van der Waals surface area contributed by atoms with Crippen molar-refractivity contribution in [2.45, 2.75) is 17.9 Å². The Hall–Kier alpha value is -1.63. The van der Waals surface area contributed by atoms with E-state index in [-0.39, 0.29) is 18.0 Å². The van der Waals surface area contributed by atoms with Crippen LogP contribution < -0.4 is 4.74 Å². The Morgan fingerprint density at radius 1 is 1.11 bits per heavy atom. The summed E-state index contributed by atoms with van der Waals surface area (Å²) in [7, 11) is -3.77. The molecule has 3 rings (SSSR count). The largest absolute Gasteiger partial charge is 0.573 e. The van der Waals surface area contributed by atoms with Gasteiger partial charge in [0.05, 0.1) is 22.2 Å². The summed E-state index contributed by atoms with van der Waals surface area (Å²) in [5.74, 6) is -0.461. The summed E-state index contributed by atoms with van der Waals surface area (Å²) in [6.07, 6.45) is -1.32. The molecule has 0 bridgehead atoms. The topological polar surface area (TPSA) is 67.7 Å².